The summed E-state index contributed by atoms with van der Waals surface area (Å²) in [5.41, 5.74) is -0.499. The van der Waals surface area contributed by atoms with Gasteiger partial charge in [0.1, 0.15) is 11.4 Å². The Bertz CT molecular complexity index is 334. The number of halogens is 1. The predicted molar refractivity (Wildman–Crippen MR) is 57.8 cm³/mol. The standard InChI is InChI=1S/C12H16FNO/c13-12(6-3-7-14-9-12)8-10-4-1-2-5-11(10)15/h1-2,4-5,14-15H,3,6-9H2. The van der Waals surface area contributed by atoms with E-state index in [1.54, 1.807) is 18.2 Å². The molecule has 0 radical (unpaired) electrons. The third-order valence-electron chi connectivity index (χ3n) is 2.92. The molecule has 1 aromatic carbocycles. The summed E-state index contributed by atoms with van der Waals surface area (Å²) >= 11 is 0. The quantitative estimate of drug-likeness (QED) is 0.781. The van der Waals surface area contributed by atoms with E-state index >= 15 is 0 Å². The minimum Gasteiger partial charge on any atom is -0.508 e. The summed E-state index contributed by atoms with van der Waals surface area (Å²) in [5.74, 6) is 0.195. The fourth-order valence-corrected chi connectivity index (χ4v) is 2.08. The summed E-state index contributed by atoms with van der Waals surface area (Å²) in [5, 5.41) is 12.6. The van der Waals surface area contributed by atoms with Gasteiger partial charge in [0.15, 0.2) is 0 Å². The lowest BCUT2D eigenvalue weighted by molar-refractivity contribution is 0.121. The number of alkyl halides is 1. The lowest BCUT2D eigenvalue weighted by atomic mass is 9.89. The molecular weight excluding hydrogens is 193 g/mol. The minimum absolute atomic E-state index is 0.195. The van der Waals surface area contributed by atoms with Gasteiger partial charge in [0.2, 0.25) is 0 Å². The summed E-state index contributed by atoms with van der Waals surface area (Å²) < 4.78 is 14.3. The molecule has 0 aliphatic carbocycles. The molecule has 0 saturated carbocycles. The van der Waals surface area contributed by atoms with E-state index in [1.165, 1.54) is 0 Å². The van der Waals surface area contributed by atoms with Crippen LogP contribution in [-0.2, 0) is 6.42 Å². The van der Waals surface area contributed by atoms with Crippen LogP contribution in [0.15, 0.2) is 24.3 Å². The van der Waals surface area contributed by atoms with Crippen LogP contribution < -0.4 is 5.32 Å². The van der Waals surface area contributed by atoms with Gasteiger partial charge in [0.25, 0.3) is 0 Å². The number of para-hydroxylation sites is 1. The molecular formula is C12H16FNO. The molecule has 0 spiro atoms. The zero-order valence-corrected chi connectivity index (χ0v) is 8.67. The van der Waals surface area contributed by atoms with Crippen molar-refractivity contribution in [2.75, 3.05) is 13.1 Å². The Hall–Kier alpha value is -1.09. The zero-order valence-electron chi connectivity index (χ0n) is 8.67. The van der Waals surface area contributed by atoms with Crippen molar-refractivity contribution in [3.8, 4) is 5.75 Å². The van der Waals surface area contributed by atoms with E-state index in [0.29, 0.717) is 24.9 Å². The van der Waals surface area contributed by atoms with Crippen LogP contribution >= 0.6 is 0 Å². The molecule has 0 aromatic heterocycles. The molecule has 1 heterocycles. The normalized spacial score (nSPS) is 26.5. The van der Waals surface area contributed by atoms with Crippen molar-refractivity contribution in [1.82, 2.24) is 5.32 Å². The molecule has 3 heteroatoms. The first-order chi connectivity index (χ1) is 7.20. The maximum atomic E-state index is 14.3. The summed E-state index contributed by atoms with van der Waals surface area (Å²) in [4.78, 5) is 0. The molecule has 1 atom stereocenters. The van der Waals surface area contributed by atoms with Gasteiger partial charge < -0.3 is 10.4 Å². The molecule has 2 nitrogen and oxygen atoms in total. The van der Waals surface area contributed by atoms with Crippen molar-refractivity contribution in [3.63, 3.8) is 0 Å². The Morgan fingerprint density at radius 1 is 1.40 bits per heavy atom. The largest absolute Gasteiger partial charge is 0.508 e. The van der Waals surface area contributed by atoms with Gasteiger partial charge in [-0.15, -0.1) is 0 Å². The fraction of sp³-hybridized carbons (Fsp3) is 0.500. The second-order valence-corrected chi connectivity index (χ2v) is 4.24. The van der Waals surface area contributed by atoms with Gasteiger partial charge in [0, 0.05) is 13.0 Å². The van der Waals surface area contributed by atoms with Gasteiger partial charge in [-0.05, 0) is 31.0 Å². The number of aromatic hydroxyl groups is 1. The first-order valence-corrected chi connectivity index (χ1v) is 5.36. The Balaban J connectivity index is 2.10. The molecule has 1 aliphatic rings. The van der Waals surface area contributed by atoms with Crippen LogP contribution in [0.1, 0.15) is 18.4 Å². The van der Waals surface area contributed by atoms with E-state index in [9.17, 15) is 9.50 Å². The number of hydrogen-bond donors (Lipinski definition) is 2. The van der Waals surface area contributed by atoms with Crippen LogP contribution in [0.3, 0.4) is 0 Å². The molecule has 82 valence electrons. The summed E-state index contributed by atoms with van der Waals surface area (Å²) in [6.07, 6.45) is 1.74. The summed E-state index contributed by atoms with van der Waals surface area (Å²) in [7, 11) is 0. The number of hydrogen-bond acceptors (Lipinski definition) is 2. The molecule has 1 saturated heterocycles. The van der Waals surface area contributed by atoms with Crippen molar-refractivity contribution in [1.29, 1.82) is 0 Å². The van der Waals surface area contributed by atoms with Gasteiger partial charge in [-0.3, -0.25) is 0 Å². The topological polar surface area (TPSA) is 32.3 Å². The maximum Gasteiger partial charge on any atom is 0.127 e. The van der Waals surface area contributed by atoms with Crippen molar-refractivity contribution in [3.05, 3.63) is 29.8 Å². The predicted octanol–water partition coefficient (Wildman–Crippen LogP) is 2.03. The molecule has 0 bridgehead atoms. The number of phenols is 1. The number of rotatable bonds is 2. The molecule has 1 aliphatic heterocycles. The van der Waals surface area contributed by atoms with Crippen molar-refractivity contribution < 1.29 is 9.50 Å². The third-order valence-corrected chi connectivity index (χ3v) is 2.92. The van der Waals surface area contributed by atoms with E-state index in [1.807, 2.05) is 6.07 Å². The second-order valence-electron chi connectivity index (χ2n) is 4.24. The molecule has 1 unspecified atom stereocenters. The Kier molecular flexibility index (Phi) is 2.91. The SMILES string of the molecule is Oc1ccccc1CC1(F)CCCNC1. The van der Waals surface area contributed by atoms with E-state index in [-0.39, 0.29) is 5.75 Å². The molecule has 1 aromatic rings. The number of nitrogens with one attached hydrogen (secondary N) is 1. The van der Waals surface area contributed by atoms with Crippen molar-refractivity contribution >= 4 is 0 Å². The van der Waals surface area contributed by atoms with Crippen LogP contribution in [0.25, 0.3) is 0 Å². The van der Waals surface area contributed by atoms with Gasteiger partial charge >= 0.3 is 0 Å². The highest BCUT2D eigenvalue weighted by molar-refractivity contribution is 5.33. The Morgan fingerprint density at radius 3 is 2.87 bits per heavy atom. The number of piperidine rings is 1. The first kappa shape index (κ1) is 10.4. The number of benzene rings is 1. The third kappa shape index (κ3) is 2.48. The highest BCUT2D eigenvalue weighted by atomic mass is 19.1. The Labute approximate surface area is 89.1 Å². The van der Waals surface area contributed by atoms with E-state index in [0.717, 1.165) is 13.0 Å². The lowest BCUT2D eigenvalue weighted by Gasteiger charge is -2.30. The van der Waals surface area contributed by atoms with Gasteiger partial charge in [-0.25, -0.2) is 4.39 Å². The average Bonchev–Trinajstić information content (AvgIpc) is 2.22. The van der Waals surface area contributed by atoms with Gasteiger partial charge in [-0.1, -0.05) is 18.2 Å². The van der Waals surface area contributed by atoms with Crippen LogP contribution in [0.5, 0.6) is 5.75 Å². The highest BCUT2D eigenvalue weighted by Gasteiger charge is 2.32. The molecule has 1 fully saturated rings. The zero-order chi connectivity index (χ0) is 10.7. The monoisotopic (exact) mass is 209 g/mol. The van der Waals surface area contributed by atoms with Crippen LogP contribution in [0.2, 0.25) is 0 Å². The molecule has 2 rings (SSSR count). The van der Waals surface area contributed by atoms with E-state index in [4.69, 9.17) is 0 Å². The smallest absolute Gasteiger partial charge is 0.127 e. The summed E-state index contributed by atoms with van der Waals surface area (Å²) in [6.45, 7) is 1.29. The van der Waals surface area contributed by atoms with Crippen LogP contribution in [0.4, 0.5) is 4.39 Å². The molecule has 2 N–H and O–H groups in total. The van der Waals surface area contributed by atoms with Gasteiger partial charge in [-0.2, -0.15) is 0 Å². The Morgan fingerprint density at radius 2 is 2.20 bits per heavy atom. The van der Waals surface area contributed by atoms with E-state index < -0.39 is 5.67 Å². The fourth-order valence-electron chi connectivity index (χ4n) is 2.08. The molecule has 15 heavy (non-hydrogen) atoms. The maximum absolute atomic E-state index is 14.3. The lowest BCUT2D eigenvalue weighted by Crippen LogP contribution is -2.43. The second kappa shape index (κ2) is 4.19. The first-order valence-electron chi connectivity index (χ1n) is 5.36. The van der Waals surface area contributed by atoms with E-state index in [2.05, 4.69) is 5.32 Å². The molecule has 0 amide bonds. The van der Waals surface area contributed by atoms with Crippen LogP contribution in [0, 0.1) is 0 Å². The van der Waals surface area contributed by atoms with Crippen molar-refractivity contribution in [2.24, 2.45) is 0 Å². The van der Waals surface area contributed by atoms with Gasteiger partial charge in [0.05, 0.1) is 0 Å². The van der Waals surface area contributed by atoms with Crippen molar-refractivity contribution in [2.45, 2.75) is 24.9 Å². The van der Waals surface area contributed by atoms with Crippen LogP contribution in [-0.4, -0.2) is 23.9 Å². The highest BCUT2D eigenvalue weighted by Crippen LogP contribution is 2.29. The minimum atomic E-state index is -1.20. The summed E-state index contributed by atoms with van der Waals surface area (Å²) in [6, 6.07) is 6.97. The number of phenolic OH excluding ortho intramolecular Hbond substituents is 1. The average molecular weight is 209 g/mol.